The van der Waals surface area contributed by atoms with E-state index in [1.54, 1.807) is 18.0 Å². The van der Waals surface area contributed by atoms with Gasteiger partial charge in [-0.05, 0) is 44.2 Å². The maximum atomic E-state index is 12.7. The van der Waals surface area contributed by atoms with Gasteiger partial charge < -0.3 is 10.2 Å². The molecule has 3 atom stereocenters. The summed E-state index contributed by atoms with van der Waals surface area (Å²) in [7, 11) is 1.63. The first-order valence-electron chi connectivity index (χ1n) is 7.09. The Kier molecular flexibility index (Phi) is 3.20. The quantitative estimate of drug-likeness (QED) is 0.878. The minimum atomic E-state index is -0.325. The van der Waals surface area contributed by atoms with Gasteiger partial charge in [-0.1, -0.05) is 6.07 Å². The molecule has 5 nitrogen and oxygen atoms in total. The Balaban J connectivity index is 1.91. The Morgan fingerprint density at radius 3 is 2.85 bits per heavy atom. The Bertz CT molecular complexity index is 558. The molecular weight excluding hydrogens is 254 g/mol. The van der Waals surface area contributed by atoms with Crippen molar-refractivity contribution < 1.29 is 9.59 Å². The number of likely N-dealkylation sites (N-methyl/N-ethyl adjacent to an activating group) is 1. The van der Waals surface area contributed by atoms with Gasteiger partial charge in [0, 0.05) is 18.8 Å². The lowest BCUT2D eigenvalue weighted by Crippen LogP contribution is -2.52. The summed E-state index contributed by atoms with van der Waals surface area (Å²) < 4.78 is 0. The van der Waals surface area contributed by atoms with Crippen molar-refractivity contribution in [3.05, 3.63) is 29.6 Å². The zero-order valence-electron chi connectivity index (χ0n) is 11.8. The van der Waals surface area contributed by atoms with Gasteiger partial charge >= 0.3 is 0 Å². The molecule has 20 heavy (non-hydrogen) atoms. The van der Waals surface area contributed by atoms with Gasteiger partial charge in [0.05, 0.1) is 0 Å². The van der Waals surface area contributed by atoms with Crippen LogP contribution in [0, 0.1) is 12.8 Å². The van der Waals surface area contributed by atoms with Crippen LogP contribution in [-0.2, 0) is 4.79 Å². The molecule has 2 heterocycles. The van der Waals surface area contributed by atoms with Crippen molar-refractivity contribution in [3.8, 4) is 0 Å². The summed E-state index contributed by atoms with van der Waals surface area (Å²) in [5, 5.41) is 2.69. The van der Waals surface area contributed by atoms with E-state index in [0.717, 1.165) is 25.0 Å². The topological polar surface area (TPSA) is 62.3 Å². The molecule has 3 rings (SSSR count). The molecule has 2 aliphatic rings. The molecule has 1 aromatic rings. The van der Waals surface area contributed by atoms with Gasteiger partial charge in [-0.2, -0.15) is 0 Å². The van der Waals surface area contributed by atoms with Crippen molar-refractivity contribution in [2.24, 2.45) is 5.92 Å². The summed E-state index contributed by atoms with van der Waals surface area (Å²) in [6.07, 6.45) is 2.97. The van der Waals surface area contributed by atoms with E-state index < -0.39 is 0 Å². The van der Waals surface area contributed by atoms with Gasteiger partial charge in [0.25, 0.3) is 5.91 Å². The van der Waals surface area contributed by atoms with Gasteiger partial charge in [-0.15, -0.1) is 0 Å². The first-order valence-corrected chi connectivity index (χ1v) is 7.09. The molecule has 106 valence electrons. The zero-order valence-corrected chi connectivity index (χ0v) is 11.8. The minimum Gasteiger partial charge on any atom is -0.357 e. The van der Waals surface area contributed by atoms with Crippen molar-refractivity contribution in [2.45, 2.75) is 38.3 Å². The number of pyridine rings is 1. The van der Waals surface area contributed by atoms with Crippen LogP contribution in [0.25, 0.3) is 0 Å². The standard InChI is InChI=1S/C15H19N3O2/c1-9-4-3-5-12(17-9)15(20)18-11-7-6-10(8-11)13(18)14(19)16-2/h3-5,10-11,13H,6-8H2,1-2H3,(H,16,19)/t10-,11-,13-/m0/s1. The van der Waals surface area contributed by atoms with Crippen molar-refractivity contribution in [1.82, 2.24) is 15.2 Å². The molecule has 0 radical (unpaired) electrons. The smallest absolute Gasteiger partial charge is 0.273 e. The predicted molar refractivity (Wildman–Crippen MR) is 74.1 cm³/mol. The van der Waals surface area contributed by atoms with Crippen molar-refractivity contribution in [3.63, 3.8) is 0 Å². The second kappa shape index (κ2) is 4.89. The lowest BCUT2D eigenvalue weighted by molar-refractivity contribution is -0.126. The normalized spacial score (nSPS) is 27.7. The van der Waals surface area contributed by atoms with Crippen LogP contribution in [0.3, 0.4) is 0 Å². The molecule has 0 spiro atoms. The first kappa shape index (κ1) is 13.1. The molecule has 1 N–H and O–H groups in total. The second-order valence-corrected chi connectivity index (χ2v) is 5.66. The van der Waals surface area contributed by atoms with Crippen LogP contribution in [-0.4, -0.2) is 40.8 Å². The number of aromatic nitrogens is 1. The molecule has 0 unspecified atom stereocenters. The number of likely N-dealkylation sites (tertiary alicyclic amines) is 1. The largest absolute Gasteiger partial charge is 0.357 e. The number of nitrogens with zero attached hydrogens (tertiary/aromatic N) is 2. The first-order chi connectivity index (χ1) is 9.61. The molecule has 1 aliphatic heterocycles. The van der Waals surface area contributed by atoms with Gasteiger partial charge in [-0.25, -0.2) is 4.98 Å². The van der Waals surface area contributed by atoms with Crippen LogP contribution in [0.15, 0.2) is 18.2 Å². The highest BCUT2D eigenvalue weighted by molar-refractivity contribution is 5.97. The molecular formula is C15H19N3O2. The molecule has 5 heteroatoms. The van der Waals surface area contributed by atoms with E-state index >= 15 is 0 Å². The number of hydrogen-bond acceptors (Lipinski definition) is 3. The Morgan fingerprint density at radius 2 is 2.15 bits per heavy atom. The lowest BCUT2D eigenvalue weighted by atomic mass is 9.97. The highest BCUT2D eigenvalue weighted by Gasteiger charge is 2.51. The maximum absolute atomic E-state index is 12.7. The highest BCUT2D eigenvalue weighted by Crippen LogP contribution is 2.43. The van der Waals surface area contributed by atoms with Crippen LogP contribution in [0.2, 0.25) is 0 Å². The van der Waals surface area contributed by atoms with E-state index in [1.807, 2.05) is 19.1 Å². The van der Waals surface area contributed by atoms with Crippen LogP contribution < -0.4 is 5.32 Å². The monoisotopic (exact) mass is 273 g/mol. The van der Waals surface area contributed by atoms with Gasteiger partial charge in [0.1, 0.15) is 11.7 Å². The van der Waals surface area contributed by atoms with Crippen LogP contribution in [0.4, 0.5) is 0 Å². The van der Waals surface area contributed by atoms with E-state index in [9.17, 15) is 9.59 Å². The Hall–Kier alpha value is -1.91. The van der Waals surface area contributed by atoms with E-state index in [0.29, 0.717) is 11.6 Å². The zero-order chi connectivity index (χ0) is 14.3. The molecule has 1 aromatic heterocycles. The molecule has 2 fully saturated rings. The number of aryl methyl sites for hydroxylation is 1. The molecule has 2 amide bonds. The number of carbonyl (C=O) groups is 2. The van der Waals surface area contributed by atoms with Crippen molar-refractivity contribution >= 4 is 11.8 Å². The average Bonchev–Trinajstić information content (AvgIpc) is 3.06. The summed E-state index contributed by atoms with van der Waals surface area (Å²) in [5.41, 5.74) is 1.25. The molecule has 0 aromatic carbocycles. The lowest BCUT2D eigenvalue weighted by Gasteiger charge is -2.33. The fourth-order valence-corrected chi connectivity index (χ4v) is 3.56. The maximum Gasteiger partial charge on any atom is 0.273 e. The minimum absolute atomic E-state index is 0.0572. The fraction of sp³-hybridized carbons (Fsp3) is 0.533. The summed E-state index contributed by atoms with van der Waals surface area (Å²) in [5.74, 6) is 0.126. The molecule has 1 saturated heterocycles. The van der Waals surface area contributed by atoms with Gasteiger partial charge in [0.15, 0.2) is 0 Å². The molecule has 2 bridgehead atoms. The van der Waals surface area contributed by atoms with Crippen LogP contribution in [0.5, 0.6) is 0 Å². The number of piperidine rings is 1. The summed E-state index contributed by atoms with van der Waals surface area (Å²) in [6.45, 7) is 1.86. The number of rotatable bonds is 2. The van der Waals surface area contributed by atoms with Crippen LogP contribution in [0.1, 0.15) is 35.4 Å². The summed E-state index contributed by atoms with van der Waals surface area (Å²) in [6, 6.07) is 5.29. The van der Waals surface area contributed by atoms with Gasteiger partial charge in [-0.3, -0.25) is 9.59 Å². The SMILES string of the molecule is CNC(=O)[C@@H]1[C@H]2CC[C@@H](C2)N1C(=O)c1cccc(C)n1. The van der Waals surface area contributed by atoms with E-state index in [-0.39, 0.29) is 23.9 Å². The molecule has 1 saturated carbocycles. The molecule has 1 aliphatic carbocycles. The van der Waals surface area contributed by atoms with E-state index in [1.165, 1.54) is 0 Å². The Labute approximate surface area is 118 Å². The number of hydrogen-bond donors (Lipinski definition) is 1. The van der Waals surface area contributed by atoms with Crippen molar-refractivity contribution in [1.29, 1.82) is 0 Å². The fourth-order valence-electron chi connectivity index (χ4n) is 3.56. The Morgan fingerprint density at radius 1 is 1.35 bits per heavy atom. The number of fused-ring (bicyclic) bond motifs is 2. The summed E-state index contributed by atoms with van der Waals surface area (Å²) >= 11 is 0. The van der Waals surface area contributed by atoms with Crippen LogP contribution >= 0.6 is 0 Å². The van der Waals surface area contributed by atoms with E-state index in [2.05, 4.69) is 10.3 Å². The predicted octanol–water partition coefficient (Wildman–Crippen LogP) is 1.13. The van der Waals surface area contributed by atoms with Crippen molar-refractivity contribution in [2.75, 3.05) is 7.05 Å². The second-order valence-electron chi connectivity index (χ2n) is 5.66. The third kappa shape index (κ3) is 1.97. The number of amides is 2. The third-order valence-corrected chi connectivity index (χ3v) is 4.44. The van der Waals surface area contributed by atoms with Gasteiger partial charge in [0.2, 0.25) is 5.91 Å². The highest BCUT2D eigenvalue weighted by atomic mass is 16.2. The van der Waals surface area contributed by atoms with E-state index in [4.69, 9.17) is 0 Å². The number of nitrogens with one attached hydrogen (secondary N) is 1. The number of carbonyl (C=O) groups excluding carboxylic acids is 2. The third-order valence-electron chi connectivity index (χ3n) is 4.44. The average molecular weight is 273 g/mol. The summed E-state index contributed by atoms with van der Waals surface area (Å²) in [4.78, 5) is 30.9.